The first-order valence-corrected chi connectivity index (χ1v) is 12.1. The Bertz CT molecular complexity index is 369. The van der Waals surface area contributed by atoms with Crippen molar-refractivity contribution in [1.29, 1.82) is 0 Å². The fourth-order valence-corrected chi connectivity index (χ4v) is 4.32. The van der Waals surface area contributed by atoms with Crippen molar-refractivity contribution in [2.45, 2.75) is 121 Å². The summed E-state index contributed by atoms with van der Waals surface area (Å²) in [5.41, 5.74) is 0. The second-order valence-corrected chi connectivity index (χ2v) is 9.53. The quantitative estimate of drug-likeness (QED) is 0.174. The first-order valence-electron chi connectivity index (χ1n) is 10.1. The van der Waals surface area contributed by atoms with Crippen LogP contribution in [0, 0.1) is 0 Å². The molecule has 0 saturated carbocycles. The van der Waals surface area contributed by atoms with Crippen molar-refractivity contribution in [3.63, 3.8) is 0 Å². The van der Waals surface area contributed by atoms with Crippen LogP contribution in [0.4, 0.5) is 0 Å². The Hall–Kier alpha value is 0.260. The molecule has 0 saturated heterocycles. The molecular formula is C19H40O3S2. The van der Waals surface area contributed by atoms with Crippen molar-refractivity contribution in [2.24, 2.45) is 0 Å². The van der Waals surface area contributed by atoms with E-state index in [0.29, 0.717) is 12.8 Å². The normalized spacial score (nSPS) is 14.7. The molecule has 3 nitrogen and oxygen atoms in total. The van der Waals surface area contributed by atoms with Crippen molar-refractivity contribution in [2.75, 3.05) is 0 Å². The van der Waals surface area contributed by atoms with Crippen LogP contribution < -0.4 is 0 Å². The summed E-state index contributed by atoms with van der Waals surface area (Å²) >= 11 is 4.56. The van der Waals surface area contributed by atoms with E-state index in [1.807, 2.05) is 0 Å². The Labute approximate surface area is 156 Å². The monoisotopic (exact) mass is 380 g/mol. The minimum absolute atomic E-state index is 0.249. The maximum Gasteiger partial charge on any atom is 0.267 e. The minimum Gasteiger partial charge on any atom is -0.285 e. The molecule has 0 aliphatic carbocycles. The third-order valence-electron chi connectivity index (χ3n) is 4.84. The number of unbranched alkanes of at least 4 members (excludes halogenated alkanes) is 10. The van der Waals surface area contributed by atoms with Crippen LogP contribution in [0.25, 0.3) is 0 Å². The average molecular weight is 381 g/mol. The van der Waals surface area contributed by atoms with Crippen molar-refractivity contribution >= 4 is 22.7 Å². The zero-order valence-corrected chi connectivity index (χ0v) is 17.6. The van der Waals surface area contributed by atoms with E-state index in [2.05, 4.69) is 19.6 Å². The van der Waals surface area contributed by atoms with Crippen LogP contribution in [0.1, 0.15) is 110 Å². The van der Waals surface area contributed by atoms with Gasteiger partial charge >= 0.3 is 0 Å². The molecule has 0 spiro atoms. The topological polar surface area (TPSA) is 54.4 Å². The number of hydrogen-bond donors (Lipinski definition) is 2. The average Bonchev–Trinajstić information content (AvgIpc) is 2.52. The summed E-state index contributed by atoms with van der Waals surface area (Å²) in [6, 6.07) is 0. The SMILES string of the molecule is CCCCCCCCCCCCCC(S)CCC(CC)S(=O)(=O)O. The van der Waals surface area contributed by atoms with Crippen molar-refractivity contribution in [1.82, 2.24) is 0 Å². The minimum atomic E-state index is -3.89. The fraction of sp³-hybridized carbons (Fsp3) is 1.00. The summed E-state index contributed by atoms with van der Waals surface area (Å²) in [4.78, 5) is 0. The van der Waals surface area contributed by atoms with Crippen LogP contribution in [-0.4, -0.2) is 23.5 Å². The molecular weight excluding hydrogens is 340 g/mol. The maximum atomic E-state index is 11.2. The van der Waals surface area contributed by atoms with Gasteiger partial charge in [-0.1, -0.05) is 84.5 Å². The lowest BCUT2D eigenvalue weighted by atomic mass is 10.0. The smallest absolute Gasteiger partial charge is 0.267 e. The van der Waals surface area contributed by atoms with Crippen LogP contribution in [0.3, 0.4) is 0 Å². The van der Waals surface area contributed by atoms with Gasteiger partial charge in [-0.25, -0.2) is 0 Å². The molecule has 0 aromatic carbocycles. The maximum absolute atomic E-state index is 11.2. The Morgan fingerprint density at radius 3 is 1.62 bits per heavy atom. The van der Waals surface area contributed by atoms with Crippen LogP contribution in [-0.2, 0) is 10.1 Å². The lowest BCUT2D eigenvalue weighted by molar-refractivity contribution is 0.453. The molecule has 0 fully saturated rings. The highest BCUT2D eigenvalue weighted by molar-refractivity contribution is 7.86. The molecule has 146 valence electrons. The molecule has 0 amide bonds. The third-order valence-corrected chi connectivity index (χ3v) is 6.77. The first kappa shape index (κ1) is 24.3. The second kappa shape index (κ2) is 15.5. The highest BCUT2D eigenvalue weighted by Crippen LogP contribution is 2.20. The molecule has 0 aliphatic rings. The van der Waals surface area contributed by atoms with Gasteiger partial charge in [-0.3, -0.25) is 4.55 Å². The molecule has 2 unspecified atom stereocenters. The highest BCUT2D eigenvalue weighted by Gasteiger charge is 2.21. The van der Waals surface area contributed by atoms with E-state index >= 15 is 0 Å². The molecule has 0 radical (unpaired) electrons. The molecule has 0 heterocycles. The summed E-state index contributed by atoms with van der Waals surface area (Å²) in [7, 11) is -3.89. The Kier molecular flexibility index (Phi) is 15.7. The number of thiol groups is 1. The van der Waals surface area contributed by atoms with E-state index in [-0.39, 0.29) is 5.25 Å². The van der Waals surface area contributed by atoms with E-state index in [1.165, 1.54) is 70.6 Å². The number of hydrogen-bond acceptors (Lipinski definition) is 3. The van der Waals surface area contributed by atoms with Gasteiger partial charge in [0.1, 0.15) is 0 Å². The van der Waals surface area contributed by atoms with E-state index in [1.54, 1.807) is 6.92 Å². The van der Waals surface area contributed by atoms with Crippen LogP contribution in [0.2, 0.25) is 0 Å². The lowest BCUT2D eigenvalue weighted by Crippen LogP contribution is -2.20. The summed E-state index contributed by atoms with van der Waals surface area (Å²) in [5, 5.41) is -0.371. The van der Waals surface area contributed by atoms with Gasteiger partial charge in [0.2, 0.25) is 0 Å². The van der Waals surface area contributed by atoms with E-state index < -0.39 is 15.4 Å². The van der Waals surface area contributed by atoms with E-state index in [0.717, 1.165) is 12.8 Å². The molecule has 24 heavy (non-hydrogen) atoms. The van der Waals surface area contributed by atoms with Crippen LogP contribution in [0.5, 0.6) is 0 Å². The predicted octanol–water partition coefficient (Wildman–Crippen LogP) is 6.43. The Morgan fingerprint density at radius 1 is 0.750 bits per heavy atom. The molecule has 1 N–H and O–H groups in total. The summed E-state index contributed by atoms with van der Waals surface area (Å²) in [6.07, 6.45) is 17.5. The van der Waals surface area contributed by atoms with Gasteiger partial charge in [-0.05, 0) is 25.7 Å². The molecule has 0 aromatic heterocycles. The van der Waals surface area contributed by atoms with E-state index in [4.69, 9.17) is 4.55 Å². The van der Waals surface area contributed by atoms with Gasteiger partial charge in [0.05, 0.1) is 5.25 Å². The summed E-state index contributed by atoms with van der Waals surface area (Å²) in [6.45, 7) is 4.06. The van der Waals surface area contributed by atoms with Crippen LogP contribution >= 0.6 is 12.6 Å². The van der Waals surface area contributed by atoms with Gasteiger partial charge in [0, 0.05) is 5.25 Å². The van der Waals surface area contributed by atoms with Gasteiger partial charge in [-0.15, -0.1) is 0 Å². The van der Waals surface area contributed by atoms with E-state index in [9.17, 15) is 8.42 Å². The Morgan fingerprint density at radius 2 is 1.21 bits per heavy atom. The zero-order valence-electron chi connectivity index (χ0n) is 15.9. The lowest BCUT2D eigenvalue weighted by Gasteiger charge is -2.15. The molecule has 2 atom stereocenters. The summed E-state index contributed by atoms with van der Waals surface area (Å²) < 4.78 is 31.4. The predicted molar refractivity (Wildman–Crippen MR) is 109 cm³/mol. The molecule has 0 aliphatic heterocycles. The summed E-state index contributed by atoms with van der Waals surface area (Å²) in [5.74, 6) is 0. The Balaban J connectivity index is 3.45. The van der Waals surface area contributed by atoms with Crippen molar-refractivity contribution in [3.05, 3.63) is 0 Å². The molecule has 5 heteroatoms. The zero-order chi connectivity index (χ0) is 18.3. The number of rotatable bonds is 17. The van der Waals surface area contributed by atoms with Gasteiger partial charge < -0.3 is 0 Å². The van der Waals surface area contributed by atoms with Crippen LogP contribution in [0.15, 0.2) is 0 Å². The molecule has 0 rings (SSSR count). The largest absolute Gasteiger partial charge is 0.285 e. The van der Waals surface area contributed by atoms with Crippen molar-refractivity contribution in [3.8, 4) is 0 Å². The fourth-order valence-electron chi connectivity index (χ4n) is 3.13. The van der Waals surface area contributed by atoms with Gasteiger partial charge in [0.15, 0.2) is 0 Å². The third kappa shape index (κ3) is 14.6. The molecule has 0 bridgehead atoms. The van der Waals surface area contributed by atoms with Gasteiger partial charge in [-0.2, -0.15) is 21.0 Å². The van der Waals surface area contributed by atoms with Gasteiger partial charge in [0.25, 0.3) is 10.1 Å². The standard InChI is InChI=1S/C19H40O3S2/c1-3-5-6-7-8-9-10-11-12-13-14-15-18(23)16-17-19(4-2)24(20,21)22/h18-19,23H,3-17H2,1-2H3,(H,20,21,22). The second-order valence-electron chi connectivity index (χ2n) is 7.10. The molecule has 0 aromatic rings. The highest BCUT2D eigenvalue weighted by atomic mass is 32.2. The van der Waals surface area contributed by atoms with Crippen molar-refractivity contribution < 1.29 is 13.0 Å². The first-order chi connectivity index (χ1) is 11.4.